The lowest BCUT2D eigenvalue weighted by atomic mass is 9.93. The second-order valence-electron chi connectivity index (χ2n) is 7.12. The molecule has 1 saturated heterocycles. The summed E-state index contributed by atoms with van der Waals surface area (Å²) in [6.45, 7) is 6.56. The monoisotopic (exact) mass is 396 g/mol. The minimum atomic E-state index is -0.277. The summed E-state index contributed by atoms with van der Waals surface area (Å²) in [4.78, 5) is 17.3. The van der Waals surface area contributed by atoms with Gasteiger partial charge in [0.1, 0.15) is 5.01 Å². The number of rotatable bonds is 5. The number of hydrogen-bond acceptors (Lipinski definition) is 5. The molecule has 0 spiro atoms. The third kappa shape index (κ3) is 3.47. The molecule has 3 aromatic rings. The smallest absolute Gasteiger partial charge is 0.226 e. The molecule has 1 fully saturated rings. The van der Waals surface area contributed by atoms with Crippen LogP contribution < -0.4 is 5.32 Å². The Morgan fingerprint density at radius 2 is 2.11 bits per heavy atom. The van der Waals surface area contributed by atoms with E-state index in [4.69, 9.17) is 9.84 Å². The lowest BCUT2D eigenvalue weighted by molar-refractivity contribution is -0.127. The van der Waals surface area contributed by atoms with E-state index < -0.39 is 0 Å². The van der Waals surface area contributed by atoms with Gasteiger partial charge in [0.15, 0.2) is 0 Å². The number of nitrogens with one attached hydrogen (secondary N) is 1. The third-order valence-electron chi connectivity index (χ3n) is 5.24. The molecular weight excluding hydrogens is 372 g/mol. The molecular formula is C21H24N4O2S. The second-order valence-corrected chi connectivity index (χ2v) is 8.05. The number of nitrogens with zero attached hydrogens (tertiary/aromatic N) is 3. The van der Waals surface area contributed by atoms with E-state index in [1.165, 1.54) is 0 Å². The van der Waals surface area contributed by atoms with Gasteiger partial charge < -0.3 is 10.1 Å². The summed E-state index contributed by atoms with van der Waals surface area (Å²) < 4.78 is 7.96. The van der Waals surface area contributed by atoms with Crippen molar-refractivity contribution >= 4 is 17.2 Å². The molecule has 6 nitrogen and oxygen atoms in total. The van der Waals surface area contributed by atoms with Crippen LogP contribution in [0.15, 0.2) is 41.9 Å². The van der Waals surface area contributed by atoms with Crippen molar-refractivity contribution in [2.45, 2.75) is 39.3 Å². The van der Waals surface area contributed by atoms with E-state index in [1.807, 2.05) is 61.2 Å². The SMILES string of the molecule is Cc1nn(-c2ccccc2)c(C)c1[C@H]1OCC[C@@H]1C(=O)N[C@@H](C)c1nccs1. The molecule has 146 valence electrons. The van der Waals surface area contributed by atoms with Crippen LogP contribution in [0.2, 0.25) is 0 Å². The van der Waals surface area contributed by atoms with Crippen LogP contribution >= 0.6 is 11.3 Å². The largest absolute Gasteiger partial charge is 0.373 e. The average molecular weight is 397 g/mol. The molecule has 1 aliphatic rings. The first-order valence-corrected chi connectivity index (χ1v) is 10.4. The molecule has 0 aliphatic carbocycles. The van der Waals surface area contributed by atoms with E-state index in [9.17, 15) is 4.79 Å². The molecule has 0 saturated carbocycles. The van der Waals surface area contributed by atoms with Crippen molar-refractivity contribution in [3.63, 3.8) is 0 Å². The molecule has 1 aromatic carbocycles. The van der Waals surface area contributed by atoms with Crippen molar-refractivity contribution in [2.75, 3.05) is 6.61 Å². The number of para-hydroxylation sites is 1. The molecule has 28 heavy (non-hydrogen) atoms. The maximum atomic E-state index is 13.0. The fourth-order valence-corrected chi connectivity index (χ4v) is 4.51. The number of ether oxygens (including phenoxy) is 1. The summed E-state index contributed by atoms with van der Waals surface area (Å²) in [6.07, 6.45) is 2.19. The quantitative estimate of drug-likeness (QED) is 0.710. The van der Waals surface area contributed by atoms with E-state index in [0.29, 0.717) is 13.0 Å². The van der Waals surface area contributed by atoms with Gasteiger partial charge in [-0.1, -0.05) is 18.2 Å². The van der Waals surface area contributed by atoms with E-state index in [1.54, 1.807) is 17.5 Å². The predicted octanol–water partition coefficient (Wildman–Crippen LogP) is 3.90. The molecule has 2 aromatic heterocycles. The van der Waals surface area contributed by atoms with Crippen molar-refractivity contribution in [2.24, 2.45) is 5.92 Å². The summed E-state index contributed by atoms with van der Waals surface area (Å²) in [6, 6.07) is 9.92. The van der Waals surface area contributed by atoms with Crippen molar-refractivity contribution in [1.82, 2.24) is 20.1 Å². The van der Waals surface area contributed by atoms with Gasteiger partial charge in [-0.15, -0.1) is 11.3 Å². The van der Waals surface area contributed by atoms with Gasteiger partial charge in [-0.3, -0.25) is 4.79 Å². The van der Waals surface area contributed by atoms with E-state index in [-0.39, 0.29) is 24.0 Å². The van der Waals surface area contributed by atoms with Gasteiger partial charge in [0, 0.05) is 29.4 Å². The zero-order valence-corrected chi connectivity index (χ0v) is 17.1. The highest BCUT2D eigenvalue weighted by atomic mass is 32.1. The highest BCUT2D eigenvalue weighted by Gasteiger charge is 2.39. The molecule has 3 heterocycles. The first kappa shape index (κ1) is 18.8. The van der Waals surface area contributed by atoms with Crippen LogP contribution in [-0.4, -0.2) is 27.3 Å². The van der Waals surface area contributed by atoms with Gasteiger partial charge in [0.05, 0.1) is 29.4 Å². The number of carbonyl (C=O) groups is 1. The number of thiazole rings is 1. The summed E-state index contributed by atoms with van der Waals surface area (Å²) in [5.41, 5.74) is 3.94. The van der Waals surface area contributed by atoms with Crippen LogP contribution in [0.5, 0.6) is 0 Å². The zero-order valence-electron chi connectivity index (χ0n) is 16.3. The van der Waals surface area contributed by atoms with E-state index in [0.717, 1.165) is 27.6 Å². The second kappa shape index (κ2) is 7.85. The average Bonchev–Trinajstić information content (AvgIpc) is 3.43. The van der Waals surface area contributed by atoms with Crippen LogP contribution in [0.3, 0.4) is 0 Å². The Balaban J connectivity index is 1.58. The Bertz CT molecular complexity index is 952. The van der Waals surface area contributed by atoms with Gasteiger partial charge in [-0.25, -0.2) is 9.67 Å². The molecule has 1 N–H and O–H groups in total. The molecule has 0 unspecified atom stereocenters. The van der Waals surface area contributed by atoms with Gasteiger partial charge in [-0.05, 0) is 39.3 Å². The highest BCUT2D eigenvalue weighted by molar-refractivity contribution is 7.09. The first-order valence-electron chi connectivity index (χ1n) is 9.49. The maximum absolute atomic E-state index is 13.0. The lowest BCUT2D eigenvalue weighted by Gasteiger charge is -2.21. The summed E-state index contributed by atoms with van der Waals surface area (Å²) in [7, 11) is 0. The predicted molar refractivity (Wildman–Crippen MR) is 109 cm³/mol. The van der Waals surface area contributed by atoms with Gasteiger partial charge >= 0.3 is 0 Å². The van der Waals surface area contributed by atoms with Crippen molar-refractivity contribution in [3.8, 4) is 5.69 Å². The maximum Gasteiger partial charge on any atom is 0.226 e. The van der Waals surface area contributed by atoms with Crippen molar-refractivity contribution in [3.05, 3.63) is 63.9 Å². The fourth-order valence-electron chi connectivity index (χ4n) is 3.86. The number of amides is 1. The van der Waals surface area contributed by atoms with Crippen LogP contribution in [-0.2, 0) is 9.53 Å². The fraction of sp³-hybridized carbons (Fsp3) is 0.381. The number of benzene rings is 1. The summed E-state index contributed by atoms with van der Waals surface area (Å²) >= 11 is 1.55. The Hall–Kier alpha value is -2.51. The van der Waals surface area contributed by atoms with Crippen molar-refractivity contribution in [1.29, 1.82) is 0 Å². The number of aryl methyl sites for hydroxylation is 1. The first-order chi connectivity index (χ1) is 13.6. The minimum absolute atomic E-state index is 0.0106. The Kier molecular flexibility index (Phi) is 5.28. The number of carbonyl (C=O) groups excluding carboxylic acids is 1. The van der Waals surface area contributed by atoms with Gasteiger partial charge in [-0.2, -0.15) is 5.10 Å². The molecule has 0 bridgehead atoms. The van der Waals surface area contributed by atoms with Crippen LogP contribution in [0.25, 0.3) is 5.69 Å². The Morgan fingerprint density at radius 1 is 1.32 bits per heavy atom. The molecule has 0 radical (unpaired) electrons. The van der Waals surface area contributed by atoms with Crippen LogP contribution in [0.1, 0.15) is 47.4 Å². The molecule has 1 amide bonds. The summed E-state index contributed by atoms with van der Waals surface area (Å²) in [5, 5.41) is 10.7. The highest BCUT2D eigenvalue weighted by Crippen LogP contribution is 2.38. The number of hydrogen-bond donors (Lipinski definition) is 1. The number of aromatic nitrogens is 3. The topological polar surface area (TPSA) is 69.0 Å². The molecule has 1 aliphatic heterocycles. The van der Waals surface area contributed by atoms with Crippen molar-refractivity contribution < 1.29 is 9.53 Å². The van der Waals surface area contributed by atoms with E-state index >= 15 is 0 Å². The molecule has 4 rings (SSSR count). The van der Waals surface area contributed by atoms with Gasteiger partial charge in [0.25, 0.3) is 0 Å². The van der Waals surface area contributed by atoms with E-state index in [2.05, 4.69) is 10.3 Å². The minimum Gasteiger partial charge on any atom is -0.373 e. The Morgan fingerprint density at radius 3 is 2.82 bits per heavy atom. The van der Waals surface area contributed by atoms with Crippen LogP contribution in [0, 0.1) is 19.8 Å². The standard InChI is InChI=1S/C21H24N4O2S/c1-13-18(15(3)25(24-13)16-7-5-4-6-8-16)19-17(9-11-27-19)20(26)23-14(2)21-22-10-12-28-21/h4-8,10,12,14,17,19H,9,11H2,1-3H3,(H,23,26)/t14-,17-,19-/m0/s1. The Labute approximate surface area is 168 Å². The normalized spacial score (nSPS) is 20.2. The molecule has 3 atom stereocenters. The molecule has 7 heteroatoms. The third-order valence-corrected chi connectivity index (χ3v) is 6.20. The zero-order chi connectivity index (χ0) is 19.7. The lowest BCUT2D eigenvalue weighted by Crippen LogP contribution is -2.34. The summed E-state index contributed by atoms with van der Waals surface area (Å²) in [5.74, 6) is -0.218. The van der Waals surface area contributed by atoms with Gasteiger partial charge in [0.2, 0.25) is 5.91 Å². The van der Waals surface area contributed by atoms with Crippen LogP contribution in [0.4, 0.5) is 0 Å².